The lowest BCUT2D eigenvalue weighted by atomic mass is 9.92. The van der Waals surface area contributed by atoms with E-state index in [9.17, 15) is 4.79 Å². The van der Waals surface area contributed by atoms with Crippen molar-refractivity contribution in [2.45, 2.75) is 45.8 Å². The van der Waals surface area contributed by atoms with Gasteiger partial charge >= 0.3 is 5.97 Å². The summed E-state index contributed by atoms with van der Waals surface area (Å²) in [5.41, 5.74) is 5.57. The van der Waals surface area contributed by atoms with E-state index in [1.165, 1.54) is 16.7 Å². The normalized spacial score (nSPS) is 14.3. The molecule has 1 aliphatic heterocycles. The highest BCUT2D eigenvalue weighted by Crippen LogP contribution is 2.37. The van der Waals surface area contributed by atoms with Crippen LogP contribution in [0.1, 0.15) is 48.9 Å². The molecule has 2 aromatic carbocycles. The molecule has 0 unspecified atom stereocenters. The summed E-state index contributed by atoms with van der Waals surface area (Å²) >= 11 is 0. The minimum Gasteiger partial charge on any atom is -0.488 e. The number of hydrogen-bond donors (Lipinski definition) is 0. The number of nitrogens with zero attached hydrogens (tertiary/aromatic N) is 1. The summed E-state index contributed by atoms with van der Waals surface area (Å²) in [6, 6.07) is 14.4. The fourth-order valence-corrected chi connectivity index (χ4v) is 3.58. The van der Waals surface area contributed by atoms with Gasteiger partial charge in [-0.05, 0) is 81.7 Å². The summed E-state index contributed by atoms with van der Waals surface area (Å²) in [7, 11) is 4.19. The van der Waals surface area contributed by atoms with Crippen LogP contribution in [0, 0.1) is 0 Å². The summed E-state index contributed by atoms with van der Waals surface area (Å²) in [5.74, 6) is 0.660. The van der Waals surface area contributed by atoms with Crippen LogP contribution in [0.25, 0.3) is 5.57 Å². The van der Waals surface area contributed by atoms with Gasteiger partial charge in [0.15, 0.2) is 0 Å². The fraction of sp³-hybridized carbons (Fsp3) is 0.400. The number of allylic oxidation sites excluding steroid dienone is 1. The number of carbonyl (C=O) groups is 1. The number of carbonyl (C=O) groups excluding carboxylic acids is 1. The molecular weight excluding hydrogens is 362 g/mol. The quantitative estimate of drug-likeness (QED) is 0.498. The monoisotopic (exact) mass is 393 g/mol. The summed E-state index contributed by atoms with van der Waals surface area (Å²) in [5, 5.41) is 0. The van der Waals surface area contributed by atoms with E-state index in [1.807, 2.05) is 26.0 Å². The maximum Gasteiger partial charge on any atom is 0.310 e. The van der Waals surface area contributed by atoms with Gasteiger partial charge in [0.25, 0.3) is 0 Å². The van der Waals surface area contributed by atoms with Crippen LogP contribution in [0.3, 0.4) is 0 Å². The van der Waals surface area contributed by atoms with E-state index in [4.69, 9.17) is 9.47 Å². The van der Waals surface area contributed by atoms with E-state index in [1.54, 1.807) is 0 Å². The van der Waals surface area contributed by atoms with Crippen molar-refractivity contribution in [3.8, 4) is 5.75 Å². The third kappa shape index (κ3) is 5.70. The second-order valence-electron chi connectivity index (χ2n) is 8.06. The molecule has 0 radical (unpaired) electrons. The van der Waals surface area contributed by atoms with Gasteiger partial charge in [0.2, 0.25) is 0 Å². The molecule has 0 atom stereocenters. The highest BCUT2D eigenvalue weighted by molar-refractivity contribution is 5.85. The Hall–Kier alpha value is -2.59. The number of ether oxygens (including phenoxy) is 2. The Morgan fingerprint density at radius 2 is 1.97 bits per heavy atom. The molecule has 0 amide bonds. The van der Waals surface area contributed by atoms with Crippen LogP contribution in [0.4, 0.5) is 0 Å². The molecule has 0 N–H and O–H groups in total. The molecule has 0 spiro atoms. The molecule has 29 heavy (non-hydrogen) atoms. The number of benzene rings is 2. The second kappa shape index (κ2) is 9.75. The number of rotatable bonds is 7. The highest BCUT2D eigenvalue weighted by atomic mass is 16.5. The first-order valence-corrected chi connectivity index (χ1v) is 10.3. The lowest BCUT2D eigenvalue weighted by Gasteiger charge is -2.14. The molecular formula is C25H31NO3. The van der Waals surface area contributed by atoms with Gasteiger partial charge in [0, 0.05) is 5.56 Å². The first-order chi connectivity index (χ1) is 13.9. The van der Waals surface area contributed by atoms with Gasteiger partial charge in [0.1, 0.15) is 12.4 Å². The first kappa shape index (κ1) is 21.1. The Morgan fingerprint density at radius 3 is 2.72 bits per heavy atom. The van der Waals surface area contributed by atoms with Crippen molar-refractivity contribution >= 4 is 11.5 Å². The van der Waals surface area contributed by atoms with Crippen molar-refractivity contribution in [2.75, 3.05) is 20.6 Å². The van der Waals surface area contributed by atoms with Crippen molar-refractivity contribution in [1.82, 2.24) is 4.90 Å². The Labute approximate surface area is 174 Å². The molecule has 0 aromatic heterocycles. The van der Waals surface area contributed by atoms with Crippen LogP contribution in [0.2, 0.25) is 0 Å². The highest BCUT2D eigenvalue weighted by Gasteiger charge is 2.20. The average molecular weight is 394 g/mol. The molecule has 3 rings (SSSR count). The summed E-state index contributed by atoms with van der Waals surface area (Å²) in [6.45, 7) is 5.34. The molecule has 0 saturated carbocycles. The third-order valence-corrected chi connectivity index (χ3v) is 4.90. The minimum atomic E-state index is -0.202. The second-order valence-corrected chi connectivity index (χ2v) is 8.06. The zero-order chi connectivity index (χ0) is 20.8. The van der Waals surface area contributed by atoms with Crippen LogP contribution >= 0.6 is 0 Å². The van der Waals surface area contributed by atoms with Crippen LogP contribution in [0.15, 0.2) is 48.5 Å². The molecule has 0 fully saturated rings. The molecule has 1 aliphatic rings. The molecule has 0 bridgehead atoms. The largest absolute Gasteiger partial charge is 0.488 e. The molecule has 4 nitrogen and oxygen atoms in total. The lowest BCUT2D eigenvalue weighted by molar-refractivity contribution is -0.146. The summed E-state index contributed by atoms with van der Waals surface area (Å²) in [4.78, 5) is 14.3. The molecule has 1 heterocycles. The third-order valence-electron chi connectivity index (χ3n) is 4.90. The Morgan fingerprint density at radius 1 is 1.17 bits per heavy atom. The molecule has 154 valence electrons. The van der Waals surface area contributed by atoms with Gasteiger partial charge < -0.3 is 14.4 Å². The molecule has 4 heteroatoms. The smallest absolute Gasteiger partial charge is 0.310 e. The van der Waals surface area contributed by atoms with Crippen LogP contribution in [0.5, 0.6) is 5.75 Å². The van der Waals surface area contributed by atoms with Crippen molar-refractivity contribution in [3.05, 3.63) is 70.8 Å². The van der Waals surface area contributed by atoms with Crippen molar-refractivity contribution in [3.63, 3.8) is 0 Å². The van der Waals surface area contributed by atoms with E-state index < -0.39 is 0 Å². The topological polar surface area (TPSA) is 38.8 Å². The minimum absolute atomic E-state index is 0.106. The molecule has 2 aromatic rings. The van der Waals surface area contributed by atoms with Crippen LogP contribution < -0.4 is 4.74 Å². The van der Waals surface area contributed by atoms with E-state index in [2.05, 4.69) is 55.4 Å². The van der Waals surface area contributed by atoms with Gasteiger partial charge in [-0.2, -0.15) is 0 Å². The van der Waals surface area contributed by atoms with E-state index in [0.29, 0.717) is 6.61 Å². The van der Waals surface area contributed by atoms with E-state index in [0.717, 1.165) is 36.3 Å². The summed E-state index contributed by atoms with van der Waals surface area (Å²) < 4.78 is 11.4. The van der Waals surface area contributed by atoms with Gasteiger partial charge in [-0.25, -0.2) is 0 Å². The molecule has 0 saturated heterocycles. The fourth-order valence-electron chi connectivity index (χ4n) is 3.58. The van der Waals surface area contributed by atoms with E-state index in [-0.39, 0.29) is 18.5 Å². The van der Waals surface area contributed by atoms with Gasteiger partial charge in [-0.15, -0.1) is 0 Å². The maximum atomic E-state index is 12.1. The SMILES string of the molecule is CC(C)OC(=O)Cc1ccc2c(c1)/C(=C/CCCN(C)C)c1ccccc1CO2. The Bertz CT molecular complexity index is 883. The zero-order valence-corrected chi connectivity index (χ0v) is 17.9. The van der Waals surface area contributed by atoms with Crippen LogP contribution in [-0.4, -0.2) is 37.6 Å². The Kier molecular flexibility index (Phi) is 7.10. The lowest BCUT2D eigenvalue weighted by Crippen LogP contribution is -2.13. The maximum absolute atomic E-state index is 12.1. The number of hydrogen-bond acceptors (Lipinski definition) is 4. The predicted octanol–water partition coefficient (Wildman–Crippen LogP) is 4.85. The van der Waals surface area contributed by atoms with Gasteiger partial charge in [-0.1, -0.05) is 36.4 Å². The number of fused-ring (bicyclic) bond motifs is 2. The average Bonchev–Trinajstić information content (AvgIpc) is 2.81. The number of unbranched alkanes of at least 4 members (excludes halogenated alkanes) is 1. The zero-order valence-electron chi connectivity index (χ0n) is 17.9. The Balaban J connectivity index is 1.94. The summed E-state index contributed by atoms with van der Waals surface area (Å²) in [6.07, 6.45) is 4.55. The van der Waals surface area contributed by atoms with Gasteiger partial charge in [0.05, 0.1) is 12.5 Å². The van der Waals surface area contributed by atoms with Crippen LogP contribution in [-0.2, 0) is 22.6 Å². The van der Waals surface area contributed by atoms with Crippen molar-refractivity contribution in [1.29, 1.82) is 0 Å². The molecule has 0 aliphatic carbocycles. The first-order valence-electron chi connectivity index (χ1n) is 10.3. The van der Waals surface area contributed by atoms with E-state index >= 15 is 0 Å². The van der Waals surface area contributed by atoms with Crippen molar-refractivity contribution < 1.29 is 14.3 Å². The van der Waals surface area contributed by atoms with Gasteiger partial charge in [-0.3, -0.25) is 4.79 Å². The standard InChI is InChI=1S/C25H31NO3/c1-18(2)29-25(27)16-19-12-13-24-23(15-19)22(11-7-8-14-26(3)4)21-10-6-5-9-20(21)17-28-24/h5-6,9-13,15,18H,7-8,14,16-17H2,1-4H3/b22-11+. The number of esters is 1. The predicted molar refractivity (Wildman–Crippen MR) is 117 cm³/mol. The van der Waals surface area contributed by atoms with Crippen molar-refractivity contribution in [2.24, 2.45) is 0 Å².